The highest BCUT2D eigenvalue weighted by Crippen LogP contribution is 2.03. The van der Waals surface area contributed by atoms with Crippen LogP contribution in [0.1, 0.15) is 19.5 Å². The molecule has 0 unspecified atom stereocenters. The van der Waals surface area contributed by atoms with Crippen LogP contribution in [0.25, 0.3) is 0 Å². The first kappa shape index (κ1) is 14.7. The van der Waals surface area contributed by atoms with Gasteiger partial charge in [-0.25, -0.2) is 0 Å². The molecule has 1 rings (SSSR count). The minimum absolute atomic E-state index is 0.0728. The second-order valence-electron chi connectivity index (χ2n) is 4.34. The number of carbonyl (C=O) groups excluding carboxylic acids is 1. The zero-order chi connectivity index (χ0) is 13.4. The summed E-state index contributed by atoms with van der Waals surface area (Å²) in [4.78, 5) is 11.6. The summed E-state index contributed by atoms with van der Waals surface area (Å²) in [5.74, 6) is -0.209. The molecule has 0 bridgehead atoms. The van der Waals surface area contributed by atoms with Crippen molar-refractivity contribution in [2.75, 3.05) is 20.3 Å². The van der Waals surface area contributed by atoms with E-state index in [1.165, 1.54) is 0 Å². The van der Waals surface area contributed by atoms with Gasteiger partial charge in [-0.05, 0) is 26.0 Å². The Morgan fingerprint density at radius 2 is 2.28 bits per heavy atom. The average molecular weight is 254 g/mol. The molecule has 0 saturated carbocycles. The van der Waals surface area contributed by atoms with Gasteiger partial charge in [0, 0.05) is 32.1 Å². The maximum Gasteiger partial charge on any atom is 0.326 e. The van der Waals surface area contributed by atoms with E-state index in [0.29, 0.717) is 13.2 Å². The van der Waals surface area contributed by atoms with Gasteiger partial charge < -0.3 is 19.4 Å². The van der Waals surface area contributed by atoms with Crippen LogP contribution in [0, 0.1) is 0 Å². The molecule has 0 aromatic carbocycles. The second kappa shape index (κ2) is 7.89. The SMILES string of the molecule is COCCNCc1cccn1CC(=O)OC(C)C. The van der Waals surface area contributed by atoms with Crippen LogP contribution in [0.5, 0.6) is 0 Å². The van der Waals surface area contributed by atoms with Crippen LogP contribution in [0.15, 0.2) is 18.3 Å². The molecular formula is C13H22N2O3. The Morgan fingerprint density at radius 3 is 2.94 bits per heavy atom. The fourth-order valence-electron chi connectivity index (χ4n) is 1.59. The van der Waals surface area contributed by atoms with E-state index < -0.39 is 0 Å². The van der Waals surface area contributed by atoms with E-state index in [4.69, 9.17) is 9.47 Å². The van der Waals surface area contributed by atoms with Crippen LogP contribution in [0.2, 0.25) is 0 Å². The van der Waals surface area contributed by atoms with Gasteiger partial charge in [-0.2, -0.15) is 0 Å². The van der Waals surface area contributed by atoms with Crippen molar-refractivity contribution in [3.8, 4) is 0 Å². The van der Waals surface area contributed by atoms with E-state index in [1.807, 2.05) is 36.7 Å². The number of nitrogens with zero attached hydrogens (tertiary/aromatic N) is 1. The summed E-state index contributed by atoms with van der Waals surface area (Å²) >= 11 is 0. The van der Waals surface area contributed by atoms with Crippen molar-refractivity contribution in [1.82, 2.24) is 9.88 Å². The number of ether oxygens (including phenoxy) is 2. The number of nitrogens with one attached hydrogen (secondary N) is 1. The van der Waals surface area contributed by atoms with E-state index in [0.717, 1.165) is 12.2 Å². The number of rotatable bonds is 8. The van der Waals surface area contributed by atoms with Crippen LogP contribution in [0.4, 0.5) is 0 Å². The third kappa shape index (κ3) is 5.33. The van der Waals surface area contributed by atoms with E-state index in [2.05, 4.69) is 5.32 Å². The molecule has 18 heavy (non-hydrogen) atoms. The molecule has 1 aromatic rings. The van der Waals surface area contributed by atoms with Gasteiger partial charge >= 0.3 is 5.97 Å². The summed E-state index contributed by atoms with van der Waals surface area (Å²) in [7, 11) is 1.67. The predicted octanol–water partition coefficient (Wildman–Crippen LogP) is 1.18. The molecule has 0 amide bonds. The van der Waals surface area contributed by atoms with Gasteiger partial charge in [0.05, 0.1) is 12.7 Å². The third-order valence-electron chi connectivity index (χ3n) is 2.38. The molecule has 1 heterocycles. The quantitative estimate of drug-likeness (QED) is 0.559. The molecule has 0 atom stereocenters. The Balaban J connectivity index is 2.41. The fourth-order valence-corrected chi connectivity index (χ4v) is 1.59. The standard InChI is InChI=1S/C13H22N2O3/c1-11(2)18-13(16)10-15-7-4-5-12(15)9-14-6-8-17-3/h4-5,7,11,14H,6,8-10H2,1-3H3. The Kier molecular flexibility index (Phi) is 6.46. The molecule has 1 N–H and O–H groups in total. The summed E-state index contributed by atoms with van der Waals surface area (Å²) in [5, 5.41) is 3.25. The van der Waals surface area contributed by atoms with Gasteiger partial charge in [-0.3, -0.25) is 4.79 Å². The largest absolute Gasteiger partial charge is 0.462 e. The van der Waals surface area contributed by atoms with Crippen molar-refractivity contribution in [1.29, 1.82) is 0 Å². The molecular weight excluding hydrogens is 232 g/mol. The minimum atomic E-state index is -0.209. The lowest BCUT2D eigenvalue weighted by Gasteiger charge is -2.11. The van der Waals surface area contributed by atoms with Crippen molar-refractivity contribution in [2.24, 2.45) is 0 Å². The normalized spacial score (nSPS) is 10.9. The van der Waals surface area contributed by atoms with E-state index >= 15 is 0 Å². The number of esters is 1. The lowest BCUT2D eigenvalue weighted by Crippen LogP contribution is -2.23. The molecule has 0 fully saturated rings. The zero-order valence-corrected chi connectivity index (χ0v) is 11.3. The Labute approximate surface area is 108 Å². The lowest BCUT2D eigenvalue weighted by atomic mass is 10.4. The molecule has 0 radical (unpaired) electrons. The summed E-state index contributed by atoms with van der Waals surface area (Å²) in [6.45, 7) is 6.13. The number of methoxy groups -OCH3 is 1. The van der Waals surface area contributed by atoms with Crippen molar-refractivity contribution < 1.29 is 14.3 Å². The summed E-state index contributed by atoms with van der Waals surface area (Å²) in [6.07, 6.45) is 1.81. The molecule has 5 nitrogen and oxygen atoms in total. The average Bonchev–Trinajstić information content (AvgIpc) is 2.71. The van der Waals surface area contributed by atoms with Crippen molar-refractivity contribution in [3.05, 3.63) is 24.0 Å². The van der Waals surface area contributed by atoms with Gasteiger partial charge in [0.25, 0.3) is 0 Å². The second-order valence-corrected chi connectivity index (χ2v) is 4.34. The molecule has 0 aliphatic heterocycles. The lowest BCUT2D eigenvalue weighted by molar-refractivity contribution is -0.148. The Morgan fingerprint density at radius 1 is 1.50 bits per heavy atom. The van der Waals surface area contributed by atoms with Gasteiger partial charge in [0.2, 0.25) is 0 Å². The van der Waals surface area contributed by atoms with Gasteiger partial charge in [-0.1, -0.05) is 0 Å². The zero-order valence-electron chi connectivity index (χ0n) is 11.3. The van der Waals surface area contributed by atoms with Crippen LogP contribution in [-0.2, 0) is 27.4 Å². The smallest absolute Gasteiger partial charge is 0.326 e. The Bertz CT molecular complexity index is 361. The van der Waals surface area contributed by atoms with E-state index in [-0.39, 0.29) is 18.6 Å². The molecule has 102 valence electrons. The fraction of sp³-hybridized carbons (Fsp3) is 0.615. The summed E-state index contributed by atoms with van der Waals surface area (Å²) in [6, 6.07) is 3.92. The highest BCUT2D eigenvalue weighted by molar-refractivity contribution is 5.69. The minimum Gasteiger partial charge on any atom is -0.462 e. The number of carbonyl (C=O) groups is 1. The van der Waals surface area contributed by atoms with Crippen LogP contribution in [-0.4, -0.2) is 36.9 Å². The van der Waals surface area contributed by atoms with Crippen molar-refractivity contribution in [3.63, 3.8) is 0 Å². The molecule has 0 spiro atoms. The summed E-state index contributed by atoms with van der Waals surface area (Å²) < 4.78 is 12.0. The van der Waals surface area contributed by atoms with Crippen molar-refractivity contribution in [2.45, 2.75) is 33.0 Å². The first-order valence-corrected chi connectivity index (χ1v) is 6.16. The monoisotopic (exact) mass is 254 g/mol. The third-order valence-corrected chi connectivity index (χ3v) is 2.38. The maximum atomic E-state index is 11.6. The molecule has 0 saturated heterocycles. The number of hydrogen-bond acceptors (Lipinski definition) is 4. The van der Waals surface area contributed by atoms with Gasteiger partial charge in [0.1, 0.15) is 6.54 Å². The van der Waals surface area contributed by atoms with Crippen LogP contribution < -0.4 is 5.32 Å². The van der Waals surface area contributed by atoms with Gasteiger partial charge in [-0.15, -0.1) is 0 Å². The number of aromatic nitrogens is 1. The number of hydrogen-bond donors (Lipinski definition) is 1. The maximum absolute atomic E-state index is 11.6. The Hall–Kier alpha value is -1.33. The molecule has 0 aliphatic rings. The summed E-state index contributed by atoms with van der Waals surface area (Å²) in [5.41, 5.74) is 1.06. The molecule has 1 aromatic heterocycles. The molecule has 0 aliphatic carbocycles. The topological polar surface area (TPSA) is 52.5 Å². The van der Waals surface area contributed by atoms with E-state index in [1.54, 1.807) is 7.11 Å². The predicted molar refractivity (Wildman–Crippen MR) is 69.2 cm³/mol. The molecule has 5 heteroatoms. The highest BCUT2D eigenvalue weighted by atomic mass is 16.5. The van der Waals surface area contributed by atoms with E-state index in [9.17, 15) is 4.79 Å². The van der Waals surface area contributed by atoms with Gasteiger partial charge in [0.15, 0.2) is 0 Å². The van der Waals surface area contributed by atoms with Crippen molar-refractivity contribution >= 4 is 5.97 Å². The van der Waals surface area contributed by atoms with Crippen LogP contribution >= 0.6 is 0 Å². The highest BCUT2D eigenvalue weighted by Gasteiger charge is 2.08. The first-order chi connectivity index (χ1) is 8.63. The first-order valence-electron chi connectivity index (χ1n) is 6.16. The van der Waals surface area contributed by atoms with Crippen LogP contribution in [0.3, 0.4) is 0 Å².